The number of aryl methyl sites for hydroxylation is 1. The average molecular weight is 458 g/mol. The van der Waals surface area contributed by atoms with Crippen molar-refractivity contribution >= 4 is 23.1 Å². The topological polar surface area (TPSA) is 69.2 Å². The lowest BCUT2D eigenvalue weighted by Gasteiger charge is -2.34. The van der Waals surface area contributed by atoms with Crippen LogP contribution in [0.4, 0.5) is 23.1 Å². The van der Waals surface area contributed by atoms with Gasteiger partial charge in [-0.1, -0.05) is 13.8 Å². The molecule has 2 atom stereocenters. The summed E-state index contributed by atoms with van der Waals surface area (Å²) in [6.07, 6.45) is 6.06. The van der Waals surface area contributed by atoms with E-state index in [1.165, 1.54) is 17.7 Å². The molecule has 4 heterocycles. The Morgan fingerprint density at radius 3 is 2.62 bits per heavy atom. The summed E-state index contributed by atoms with van der Waals surface area (Å²) in [7, 11) is 2.24. The van der Waals surface area contributed by atoms with Crippen molar-refractivity contribution in [3.63, 3.8) is 0 Å². The van der Waals surface area contributed by atoms with Crippen molar-refractivity contribution in [3.05, 3.63) is 54.4 Å². The van der Waals surface area contributed by atoms with Crippen molar-refractivity contribution < 1.29 is 0 Å². The van der Waals surface area contributed by atoms with Gasteiger partial charge in [0.15, 0.2) is 0 Å². The molecule has 1 aromatic carbocycles. The molecule has 2 fully saturated rings. The number of hydrogen-bond acceptors (Lipinski definition) is 7. The second-order valence-electron chi connectivity index (χ2n) is 10.1. The molecule has 2 aromatic heterocycles. The highest BCUT2D eigenvalue weighted by molar-refractivity contribution is 5.66. The highest BCUT2D eigenvalue weighted by Crippen LogP contribution is 2.36. The number of nitrogens with zero attached hydrogens (tertiary/aromatic N) is 5. The van der Waals surface area contributed by atoms with E-state index in [0.717, 1.165) is 48.8 Å². The quantitative estimate of drug-likeness (QED) is 0.496. The van der Waals surface area contributed by atoms with Crippen molar-refractivity contribution in [2.24, 2.45) is 5.92 Å². The standard InChI is InChI=1S/C27H35N7/c1-18(2)9-11-28-26-8-5-20(15-30-26)24-10-12-29-27(32-24)31-21-6-7-25(19(3)13-21)34-17-22-14-23(34)16-33(22)4/h5-8,10,12-13,15,18,22-23H,9,11,14,16-17H2,1-4H3,(H,28,30)(H,29,31,32)/t22-,23-/m0/s1. The lowest BCUT2D eigenvalue weighted by Crippen LogP contribution is -2.44. The van der Waals surface area contributed by atoms with Crippen LogP contribution >= 0.6 is 0 Å². The number of rotatable bonds is 8. The maximum absolute atomic E-state index is 4.72. The number of pyridine rings is 1. The van der Waals surface area contributed by atoms with E-state index in [4.69, 9.17) is 4.98 Å². The van der Waals surface area contributed by atoms with Gasteiger partial charge >= 0.3 is 0 Å². The summed E-state index contributed by atoms with van der Waals surface area (Å²) in [5.41, 5.74) is 5.45. The molecule has 0 saturated carbocycles. The van der Waals surface area contributed by atoms with Crippen LogP contribution in [-0.2, 0) is 0 Å². The highest BCUT2D eigenvalue weighted by atomic mass is 15.3. The fourth-order valence-electron chi connectivity index (χ4n) is 5.06. The largest absolute Gasteiger partial charge is 0.370 e. The zero-order chi connectivity index (χ0) is 23.7. The molecule has 7 nitrogen and oxygen atoms in total. The van der Waals surface area contributed by atoms with Gasteiger partial charge in [0.25, 0.3) is 0 Å². The molecule has 2 bridgehead atoms. The molecule has 5 rings (SSSR count). The van der Waals surface area contributed by atoms with E-state index in [1.807, 2.05) is 18.3 Å². The lowest BCUT2D eigenvalue weighted by molar-refractivity contribution is 0.292. The summed E-state index contributed by atoms with van der Waals surface area (Å²) in [6.45, 7) is 9.86. The summed E-state index contributed by atoms with van der Waals surface area (Å²) in [5.74, 6) is 2.16. The summed E-state index contributed by atoms with van der Waals surface area (Å²) in [4.78, 5) is 18.8. The maximum Gasteiger partial charge on any atom is 0.227 e. The molecular formula is C27H35N7. The lowest BCUT2D eigenvalue weighted by atomic mass is 10.1. The van der Waals surface area contributed by atoms with Gasteiger partial charge in [0, 0.05) is 61.0 Å². The molecule has 2 aliphatic rings. The molecule has 2 aliphatic heterocycles. The first kappa shape index (κ1) is 22.6. The Hall–Kier alpha value is -3.19. The first-order valence-corrected chi connectivity index (χ1v) is 12.3. The third-order valence-corrected chi connectivity index (χ3v) is 7.02. The van der Waals surface area contributed by atoms with Crippen LogP contribution in [0.1, 0.15) is 32.3 Å². The Bertz CT molecular complexity index is 1130. The summed E-state index contributed by atoms with van der Waals surface area (Å²) in [5, 5.41) is 6.76. The number of nitrogens with one attached hydrogen (secondary N) is 2. The number of piperazine rings is 1. The van der Waals surface area contributed by atoms with Crippen LogP contribution in [-0.4, -0.2) is 58.6 Å². The molecule has 2 N–H and O–H groups in total. The Kier molecular flexibility index (Phi) is 6.37. The minimum atomic E-state index is 0.589. The molecule has 34 heavy (non-hydrogen) atoms. The monoisotopic (exact) mass is 457 g/mol. The number of hydrogen-bond donors (Lipinski definition) is 2. The fraction of sp³-hybridized carbons (Fsp3) is 0.444. The van der Waals surface area contributed by atoms with E-state index in [0.29, 0.717) is 23.9 Å². The molecule has 0 amide bonds. The Morgan fingerprint density at radius 1 is 1.06 bits per heavy atom. The molecule has 0 radical (unpaired) electrons. The van der Waals surface area contributed by atoms with Gasteiger partial charge in [0.2, 0.25) is 5.95 Å². The normalized spacial score (nSPS) is 19.7. The summed E-state index contributed by atoms with van der Waals surface area (Å²) in [6, 6.07) is 13.9. The number of likely N-dealkylation sites (tertiary alicyclic amines) is 1. The number of likely N-dealkylation sites (N-methyl/N-ethyl adjacent to an activating group) is 1. The molecule has 0 unspecified atom stereocenters. The summed E-state index contributed by atoms with van der Waals surface area (Å²) < 4.78 is 0. The minimum absolute atomic E-state index is 0.589. The van der Waals surface area contributed by atoms with Gasteiger partial charge in [0.05, 0.1) is 5.69 Å². The molecular weight excluding hydrogens is 422 g/mol. The van der Waals surface area contributed by atoms with Gasteiger partial charge in [-0.15, -0.1) is 0 Å². The van der Waals surface area contributed by atoms with Crippen LogP contribution < -0.4 is 15.5 Å². The van der Waals surface area contributed by atoms with Crippen LogP contribution in [0.2, 0.25) is 0 Å². The van der Waals surface area contributed by atoms with Crippen molar-refractivity contribution in [1.82, 2.24) is 19.9 Å². The van der Waals surface area contributed by atoms with Crippen LogP contribution in [0, 0.1) is 12.8 Å². The van der Waals surface area contributed by atoms with E-state index in [9.17, 15) is 0 Å². The van der Waals surface area contributed by atoms with Crippen molar-refractivity contribution in [1.29, 1.82) is 0 Å². The molecule has 3 aromatic rings. The zero-order valence-corrected chi connectivity index (χ0v) is 20.6. The third-order valence-electron chi connectivity index (χ3n) is 7.02. The van der Waals surface area contributed by atoms with Gasteiger partial charge in [0.1, 0.15) is 5.82 Å². The average Bonchev–Trinajstić information content (AvgIpc) is 3.39. The Labute approximate surface area is 202 Å². The van der Waals surface area contributed by atoms with Crippen LogP contribution in [0.15, 0.2) is 48.8 Å². The van der Waals surface area contributed by atoms with E-state index < -0.39 is 0 Å². The fourth-order valence-corrected chi connectivity index (χ4v) is 5.06. The Morgan fingerprint density at radius 2 is 1.94 bits per heavy atom. The number of benzene rings is 1. The van der Waals surface area contributed by atoms with Gasteiger partial charge in [-0.3, -0.25) is 4.90 Å². The van der Waals surface area contributed by atoms with Gasteiger partial charge < -0.3 is 15.5 Å². The smallest absolute Gasteiger partial charge is 0.227 e. The van der Waals surface area contributed by atoms with Crippen molar-refractivity contribution in [2.45, 2.75) is 45.7 Å². The maximum atomic E-state index is 4.72. The van der Waals surface area contributed by atoms with Crippen molar-refractivity contribution in [3.8, 4) is 11.3 Å². The van der Waals surface area contributed by atoms with E-state index in [2.05, 4.69) is 82.5 Å². The van der Waals surface area contributed by atoms with Gasteiger partial charge in [-0.05, 0) is 74.7 Å². The molecule has 0 aliphatic carbocycles. The zero-order valence-electron chi connectivity index (χ0n) is 20.6. The first-order chi connectivity index (χ1) is 16.5. The van der Waals surface area contributed by atoms with E-state index >= 15 is 0 Å². The second-order valence-corrected chi connectivity index (χ2v) is 10.1. The predicted molar refractivity (Wildman–Crippen MR) is 140 cm³/mol. The van der Waals surface area contributed by atoms with Crippen LogP contribution in [0.5, 0.6) is 0 Å². The van der Waals surface area contributed by atoms with Crippen LogP contribution in [0.25, 0.3) is 11.3 Å². The van der Waals surface area contributed by atoms with Crippen LogP contribution in [0.3, 0.4) is 0 Å². The molecule has 2 saturated heterocycles. The first-order valence-electron chi connectivity index (χ1n) is 12.3. The number of aromatic nitrogens is 3. The summed E-state index contributed by atoms with van der Waals surface area (Å²) >= 11 is 0. The highest BCUT2D eigenvalue weighted by Gasteiger charge is 2.41. The minimum Gasteiger partial charge on any atom is -0.370 e. The third kappa shape index (κ3) is 4.85. The number of fused-ring (bicyclic) bond motifs is 2. The molecule has 0 spiro atoms. The second kappa shape index (κ2) is 9.58. The Balaban J connectivity index is 1.25. The predicted octanol–water partition coefficient (Wildman–Crippen LogP) is 4.94. The molecule has 7 heteroatoms. The van der Waals surface area contributed by atoms with Gasteiger partial charge in [-0.2, -0.15) is 0 Å². The van der Waals surface area contributed by atoms with Gasteiger partial charge in [-0.25, -0.2) is 15.0 Å². The SMILES string of the molecule is Cc1cc(Nc2nccc(-c3ccc(NCCC(C)C)nc3)n2)ccc1N1C[C@@H]2C[C@H]1CN2C. The van der Waals surface area contributed by atoms with Crippen molar-refractivity contribution in [2.75, 3.05) is 42.2 Å². The molecule has 178 valence electrons. The van der Waals surface area contributed by atoms with E-state index in [1.54, 1.807) is 6.20 Å². The number of anilines is 4. The van der Waals surface area contributed by atoms with E-state index in [-0.39, 0.29) is 0 Å².